The van der Waals surface area contributed by atoms with Gasteiger partial charge in [0.25, 0.3) is 0 Å². The highest BCUT2D eigenvalue weighted by molar-refractivity contribution is 5.66. The van der Waals surface area contributed by atoms with E-state index in [0.717, 1.165) is 28.5 Å². The van der Waals surface area contributed by atoms with Gasteiger partial charge >= 0.3 is 0 Å². The molecule has 112 valence electrons. The Kier molecular flexibility index (Phi) is 4.75. The monoisotopic (exact) mass is 286 g/mol. The molecule has 2 aromatic rings. The first-order chi connectivity index (χ1) is 10.0. The van der Waals surface area contributed by atoms with Crippen molar-refractivity contribution < 1.29 is 4.74 Å². The van der Waals surface area contributed by atoms with Crippen LogP contribution in [-0.2, 0) is 11.3 Å². The highest BCUT2D eigenvalue weighted by atomic mass is 16.5. The summed E-state index contributed by atoms with van der Waals surface area (Å²) in [6.07, 6.45) is 0. The molecule has 5 heteroatoms. The minimum Gasteiger partial charge on any atom is -0.383 e. The summed E-state index contributed by atoms with van der Waals surface area (Å²) >= 11 is 0. The second-order valence-electron chi connectivity index (χ2n) is 5.31. The SMILES string of the molecule is COCc1ccccc1Nc1nc(C(C)C)nc(N)c1C. The van der Waals surface area contributed by atoms with E-state index in [1.165, 1.54) is 0 Å². The third kappa shape index (κ3) is 3.49. The molecule has 1 aromatic heterocycles. The number of para-hydroxylation sites is 1. The lowest BCUT2D eigenvalue weighted by atomic mass is 10.1. The van der Waals surface area contributed by atoms with Gasteiger partial charge in [0.05, 0.1) is 6.61 Å². The largest absolute Gasteiger partial charge is 0.383 e. The Labute approximate surface area is 125 Å². The fourth-order valence-electron chi connectivity index (χ4n) is 1.98. The molecule has 0 atom stereocenters. The average Bonchev–Trinajstić information content (AvgIpc) is 2.45. The summed E-state index contributed by atoms with van der Waals surface area (Å²) in [4.78, 5) is 8.92. The van der Waals surface area contributed by atoms with Crippen LogP contribution in [0.2, 0.25) is 0 Å². The van der Waals surface area contributed by atoms with Gasteiger partial charge < -0.3 is 15.8 Å². The Bertz CT molecular complexity index is 626. The molecule has 0 fully saturated rings. The van der Waals surface area contributed by atoms with Crippen LogP contribution in [0.15, 0.2) is 24.3 Å². The lowest BCUT2D eigenvalue weighted by Crippen LogP contribution is -2.09. The van der Waals surface area contributed by atoms with Crippen molar-refractivity contribution in [1.29, 1.82) is 0 Å². The molecule has 3 N–H and O–H groups in total. The van der Waals surface area contributed by atoms with Crippen LogP contribution >= 0.6 is 0 Å². The molecule has 5 nitrogen and oxygen atoms in total. The molecule has 0 radical (unpaired) electrons. The van der Waals surface area contributed by atoms with Crippen LogP contribution in [-0.4, -0.2) is 17.1 Å². The number of nitrogens with one attached hydrogen (secondary N) is 1. The first-order valence-electron chi connectivity index (χ1n) is 7.00. The van der Waals surface area contributed by atoms with E-state index in [2.05, 4.69) is 15.3 Å². The summed E-state index contributed by atoms with van der Waals surface area (Å²) in [7, 11) is 1.68. The van der Waals surface area contributed by atoms with E-state index < -0.39 is 0 Å². The summed E-state index contributed by atoms with van der Waals surface area (Å²) in [5, 5.41) is 3.35. The predicted molar refractivity (Wildman–Crippen MR) is 85.7 cm³/mol. The van der Waals surface area contributed by atoms with Crippen molar-refractivity contribution in [2.75, 3.05) is 18.2 Å². The zero-order valence-electron chi connectivity index (χ0n) is 13.0. The molecule has 1 heterocycles. The second-order valence-corrected chi connectivity index (χ2v) is 5.31. The summed E-state index contributed by atoms with van der Waals surface area (Å²) in [6.45, 7) is 6.56. The highest BCUT2D eigenvalue weighted by Crippen LogP contribution is 2.26. The standard InChI is InChI=1S/C16H22N4O/c1-10(2)15-19-14(17)11(3)16(20-15)18-13-8-6-5-7-12(13)9-21-4/h5-8,10H,9H2,1-4H3,(H3,17,18,19,20). The Morgan fingerprint density at radius 3 is 2.62 bits per heavy atom. The van der Waals surface area contributed by atoms with Crippen molar-refractivity contribution in [3.63, 3.8) is 0 Å². The minimum absolute atomic E-state index is 0.225. The van der Waals surface area contributed by atoms with Crippen molar-refractivity contribution in [1.82, 2.24) is 9.97 Å². The van der Waals surface area contributed by atoms with E-state index in [1.54, 1.807) is 7.11 Å². The predicted octanol–water partition coefficient (Wildman–Crippen LogP) is 3.38. The van der Waals surface area contributed by atoms with Gasteiger partial charge in [-0.3, -0.25) is 0 Å². The van der Waals surface area contributed by atoms with Gasteiger partial charge in [-0.2, -0.15) is 0 Å². The molecule has 0 spiro atoms. The van der Waals surface area contributed by atoms with Gasteiger partial charge in [-0.15, -0.1) is 0 Å². The lowest BCUT2D eigenvalue weighted by molar-refractivity contribution is 0.185. The highest BCUT2D eigenvalue weighted by Gasteiger charge is 2.12. The molecule has 21 heavy (non-hydrogen) atoms. The molecule has 0 aliphatic heterocycles. The van der Waals surface area contributed by atoms with Gasteiger partial charge in [-0.05, 0) is 13.0 Å². The molecule has 0 unspecified atom stereocenters. The van der Waals surface area contributed by atoms with E-state index >= 15 is 0 Å². The maximum Gasteiger partial charge on any atom is 0.139 e. The van der Waals surface area contributed by atoms with E-state index in [0.29, 0.717) is 12.4 Å². The molecule has 0 aliphatic carbocycles. The van der Waals surface area contributed by atoms with E-state index in [-0.39, 0.29) is 5.92 Å². The summed E-state index contributed by atoms with van der Waals surface area (Å²) in [5.74, 6) is 2.22. The van der Waals surface area contributed by atoms with Crippen LogP contribution in [0.25, 0.3) is 0 Å². The molecular weight excluding hydrogens is 264 g/mol. The third-order valence-electron chi connectivity index (χ3n) is 3.29. The van der Waals surface area contributed by atoms with Gasteiger partial charge in [-0.25, -0.2) is 9.97 Å². The topological polar surface area (TPSA) is 73.1 Å². The number of anilines is 3. The van der Waals surface area contributed by atoms with Gasteiger partial charge in [0, 0.05) is 29.8 Å². The number of ether oxygens (including phenoxy) is 1. The Hall–Kier alpha value is -2.14. The van der Waals surface area contributed by atoms with Crippen LogP contribution in [0.4, 0.5) is 17.3 Å². The van der Waals surface area contributed by atoms with Gasteiger partial charge in [-0.1, -0.05) is 32.0 Å². The fraction of sp³-hybridized carbons (Fsp3) is 0.375. The molecule has 0 saturated carbocycles. The smallest absolute Gasteiger partial charge is 0.139 e. The normalized spacial score (nSPS) is 10.9. The summed E-state index contributed by atoms with van der Waals surface area (Å²) < 4.78 is 5.22. The third-order valence-corrected chi connectivity index (χ3v) is 3.29. The van der Waals surface area contributed by atoms with E-state index in [1.807, 2.05) is 45.0 Å². The minimum atomic E-state index is 0.225. The number of hydrogen-bond donors (Lipinski definition) is 2. The number of aromatic nitrogens is 2. The number of hydrogen-bond acceptors (Lipinski definition) is 5. The van der Waals surface area contributed by atoms with Crippen molar-refractivity contribution in [3.8, 4) is 0 Å². The zero-order valence-corrected chi connectivity index (χ0v) is 13.0. The molecule has 2 rings (SSSR count). The number of nitrogens with two attached hydrogens (primary N) is 1. The molecular formula is C16H22N4O. The number of benzene rings is 1. The van der Waals surface area contributed by atoms with Crippen LogP contribution in [0.3, 0.4) is 0 Å². The zero-order chi connectivity index (χ0) is 15.4. The van der Waals surface area contributed by atoms with Gasteiger partial charge in [0.1, 0.15) is 17.5 Å². The maximum absolute atomic E-state index is 5.99. The van der Waals surface area contributed by atoms with Crippen LogP contribution in [0.1, 0.15) is 36.7 Å². The number of methoxy groups -OCH3 is 1. The van der Waals surface area contributed by atoms with Gasteiger partial charge in [0.2, 0.25) is 0 Å². The van der Waals surface area contributed by atoms with Crippen molar-refractivity contribution in [2.24, 2.45) is 0 Å². The van der Waals surface area contributed by atoms with Crippen LogP contribution in [0.5, 0.6) is 0 Å². The first-order valence-corrected chi connectivity index (χ1v) is 7.00. The quantitative estimate of drug-likeness (QED) is 0.881. The van der Waals surface area contributed by atoms with Crippen LogP contribution < -0.4 is 11.1 Å². The number of nitrogens with zero attached hydrogens (tertiary/aromatic N) is 2. The molecule has 0 aliphatic rings. The molecule has 1 aromatic carbocycles. The summed E-state index contributed by atoms with van der Waals surface area (Å²) in [6, 6.07) is 7.99. The molecule has 0 saturated heterocycles. The van der Waals surface area contributed by atoms with E-state index in [4.69, 9.17) is 10.5 Å². The summed E-state index contributed by atoms with van der Waals surface area (Å²) in [5.41, 5.74) is 8.89. The second kappa shape index (κ2) is 6.54. The van der Waals surface area contributed by atoms with Crippen molar-refractivity contribution in [2.45, 2.75) is 33.3 Å². The Morgan fingerprint density at radius 1 is 1.24 bits per heavy atom. The number of rotatable bonds is 5. The maximum atomic E-state index is 5.99. The number of nitrogen functional groups attached to an aromatic ring is 1. The first kappa shape index (κ1) is 15.3. The average molecular weight is 286 g/mol. The Morgan fingerprint density at radius 2 is 1.95 bits per heavy atom. The molecule has 0 amide bonds. The molecule has 0 bridgehead atoms. The van der Waals surface area contributed by atoms with E-state index in [9.17, 15) is 0 Å². The fourth-order valence-corrected chi connectivity index (χ4v) is 1.98. The Balaban J connectivity index is 2.39. The van der Waals surface area contributed by atoms with Gasteiger partial charge in [0.15, 0.2) is 0 Å². The van der Waals surface area contributed by atoms with Crippen molar-refractivity contribution >= 4 is 17.3 Å². The van der Waals surface area contributed by atoms with Crippen LogP contribution in [0, 0.1) is 6.92 Å². The lowest BCUT2D eigenvalue weighted by Gasteiger charge is -2.15. The van der Waals surface area contributed by atoms with Crippen molar-refractivity contribution in [3.05, 3.63) is 41.2 Å².